The Balaban J connectivity index is 0.810. The zero-order valence-corrected chi connectivity index (χ0v) is 75.3. The predicted octanol–water partition coefficient (Wildman–Crippen LogP) is 24.0. The molecule has 0 unspecified atom stereocenters. The van der Waals surface area contributed by atoms with E-state index in [9.17, 15) is 0 Å². The molecule has 2 aliphatic rings. The van der Waals surface area contributed by atoms with Crippen molar-refractivity contribution in [2.24, 2.45) is 0 Å². The lowest BCUT2D eigenvalue weighted by molar-refractivity contribution is 0.590. The zero-order chi connectivity index (χ0) is 86.7. The van der Waals surface area contributed by atoms with E-state index in [4.69, 9.17) is 0 Å². The predicted molar refractivity (Wildman–Crippen MR) is 556 cm³/mol. The molecule has 0 atom stereocenters. The average molecular weight is 1680 g/mol. The molecule has 19 aromatic carbocycles. The smallest absolute Gasteiger partial charge is 0.252 e. The Morgan fingerprint density at radius 1 is 0.209 bits per heavy atom. The van der Waals surface area contributed by atoms with Crippen LogP contribution in [0.2, 0.25) is 0 Å². The second kappa shape index (κ2) is 31.5. The van der Waals surface area contributed by atoms with Crippen LogP contribution in [0.1, 0.15) is 52.7 Å². The van der Waals surface area contributed by atoms with Crippen molar-refractivity contribution in [2.75, 3.05) is 9.80 Å². The molecule has 0 fully saturated rings. The molecule has 0 N–H and O–H groups in total. The lowest BCUT2D eigenvalue weighted by Gasteiger charge is -2.45. The number of aromatic nitrogens is 2. The number of hydrogen-bond donors (Lipinski definition) is 0. The summed E-state index contributed by atoms with van der Waals surface area (Å²) >= 11 is 0. The molecule has 614 valence electrons. The zero-order valence-electron chi connectivity index (χ0n) is 73.3. The third kappa shape index (κ3) is 12.8. The minimum Gasteiger partial charge on any atom is -0.311 e. The summed E-state index contributed by atoms with van der Waals surface area (Å²) in [6.07, 6.45) is 0. The van der Waals surface area contributed by atoms with Crippen LogP contribution in [-0.2, 0) is 10.8 Å². The van der Waals surface area contributed by atoms with Gasteiger partial charge < -0.3 is 18.9 Å². The van der Waals surface area contributed by atoms with Crippen molar-refractivity contribution in [3.05, 3.63) is 478 Å². The van der Waals surface area contributed by atoms with Gasteiger partial charge >= 0.3 is 0 Å². The summed E-state index contributed by atoms with van der Waals surface area (Å²) in [7, 11) is -6.05. The maximum Gasteiger partial charge on any atom is 0.252 e. The van der Waals surface area contributed by atoms with Crippen LogP contribution in [0.4, 0.5) is 34.1 Å². The number of benzene rings is 19. The first-order valence-corrected chi connectivity index (χ1v) is 49.3. The molecule has 4 nitrogen and oxygen atoms in total. The number of rotatable bonds is 16. The van der Waals surface area contributed by atoms with Gasteiger partial charge in [0.25, 0.3) is 6.71 Å². The van der Waals surface area contributed by atoms with Gasteiger partial charge in [0.05, 0.1) is 33.4 Å². The summed E-state index contributed by atoms with van der Waals surface area (Å²) in [5, 5.41) is 15.4. The van der Waals surface area contributed by atoms with E-state index in [0.717, 1.165) is 78.8 Å². The maximum atomic E-state index is 2.65. The summed E-state index contributed by atoms with van der Waals surface area (Å²) in [5.41, 5.74) is 28.9. The monoisotopic (exact) mass is 1680 g/mol. The minimum absolute atomic E-state index is 0.0143. The number of fused-ring (bicyclic) bond motifs is 10. The molecular weight excluding hydrogens is 1590 g/mol. The molecule has 0 saturated heterocycles. The third-order valence-corrected chi connectivity index (χ3v) is 37.3. The van der Waals surface area contributed by atoms with E-state index < -0.39 is 16.1 Å². The molecular formula is C122H95BN4Si2. The molecule has 7 heteroatoms. The summed E-state index contributed by atoms with van der Waals surface area (Å²) in [5.74, 6) is 0. The average Bonchev–Trinajstić information content (AvgIpc) is 1.02. The lowest BCUT2D eigenvalue weighted by atomic mass is 9.33. The first kappa shape index (κ1) is 78.6. The molecule has 0 aliphatic carbocycles. The van der Waals surface area contributed by atoms with E-state index >= 15 is 0 Å². The van der Waals surface area contributed by atoms with Crippen LogP contribution in [0.5, 0.6) is 0 Å². The summed E-state index contributed by atoms with van der Waals surface area (Å²) in [6.45, 7) is 13.5. The van der Waals surface area contributed by atoms with Gasteiger partial charge in [0.1, 0.15) is 0 Å². The maximum absolute atomic E-state index is 3.03. The Hall–Kier alpha value is -15.1. The van der Waals surface area contributed by atoms with Gasteiger partial charge in [-0.25, -0.2) is 0 Å². The number of para-hydroxylation sites is 6. The Morgan fingerprint density at radius 2 is 0.496 bits per heavy atom. The molecule has 0 bridgehead atoms. The summed E-state index contributed by atoms with van der Waals surface area (Å²) in [6, 6.07) is 179. The largest absolute Gasteiger partial charge is 0.311 e. The highest BCUT2D eigenvalue weighted by Crippen LogP contribution is 2.51. The van der Waals surface area contributed by atoms with E-state index in [1.165, 1.54) is 124 Å². The molecule has 129 heavy (non-hydrogen) atoms. The molecule has 0 amide bonds. The Kier molecular flexibility index (Phi) is 19.2. The van der Waals surface area contributed by atoms with Crippen molar-refractivity contribution in [1.82, 2.24) is 9.13 Å². The van der Waals surface area contributed by atoms with Gasteiger partial charge in [0.2, 0.25) is 0 Å². The van der Waals surface area contributed by atoms with Crippen molar-refractivity contribution >= 4 is 158 Å². The van der Waals surface area contributed by atoms with Crippen LogP contribution in [0, 0.1) is 0 Å². The van der Waals surface area contributed by atoms with E-state index in [2.05, 4.69) is 528 Å². The van der Waals surface area contributed by atoms with Crippen molar-refractivity contribution < 1.29 is 0 Å². The molecule has 2 aliphatic heterocycles. The van der Waals surface area contributed by atoms with Gasteiger partial charge in [0.15, 0.2) is 16.1 Å². The van der Waals surface area contributed by atoms with E-state index in [-0.39, 0.29) is 17.5 Å². The van der Waals surface area contributed by atoms with Crippen LogP contribution < -0.4 is 67.7 Å². The summed E-state index contributed by atoms with van der Waals surface area (Å²) < 4.78 is 5.17. The molecule has 4 heterocycles. The minimum atomic E-state index is -3.03. The van der Waals surface area contributed by atoms with E-state index in [1.807, 2.05) is 0 Å². The van der Waals surface area contributed by atoms with E-state index in [1.54, 1.807) is 0 Å². The quantitative estimate of drug-likeness (QED) is 0.0708. The first-order valence-electron chi connectivity index (χ1n) is 45.3. The molecule has 23 rings (SSSR count). The SMILES string of the molecule is CC(C)(C)c1ccc(-c2cccc3c4ccccc4n(-c4ccc5c(c4)B4c6cc(-n7c8ccccc8c8cccc(-c9ccc(C(C)(C)C)cc9)c87)ccc6N(c6ccccc6-c6cccc([Si](c7ccccc7)(c7ccccc7)c7ccccc7)c6)c6cccc(c64)N5c4ccccc4-c4cccc([Si](c5ccccc5)(c5ccccc5)c5ccccc5)c4)c23)cc1. The fourth-order valence-electron chi connectivity index (χ4n) is 21.8. The Bertz CT molecular complexity index is 7210. The first-order chi connectivity index (χ1) is 63.3. The fourth-order valence-corrected chi connectivity index (χ4v) is 31.4. The van der Waals surface area contributed by atoms with Crippen LogP contribution in [0.3, 0.4) is 0 Å². The van der Waals surface area contributed by atoms with Crippen molar-refractivity contribution in [3.63, 3.8) is 0 Å². The third-order valence-electron chi connectivity index (χ3n) is 27.7. The molecule has 0 radical (unpaired) electrons. The molecule has 0 saturated carbocycles. The van der Waals surface area contributed by atoms with Crippen molar-refractivity contribution in [2.45, 2.75) is 52.4 Å². The van der Waals surface area contributed by atoms with Crippen molar-refractivity contribution in [1.29, 1.82) is 0 Å². The highest BCUT2D eigenvalue weighted by molar-refractivity contribution is 7.20. The molecule has 0 spiro atoms. The fraction of sp³-hybridized carbons (Fsp3) is 0.0656. The van der Waals surface area contributed by atoms with Gasteiger partial charge in [0, 0.05) is 77.9 Å². The summed E-state index contributed by atoms with van der Waals surface area (Å²) in [4.78, 5) is 5.29. The second-order valence-corrected chi connectivity index (χ2v) is 44.6. The molecule has 2 aromatic heterocycles. The van der Waals surface area contributed by atoms with Crippen LogP contribution in [0.25, 0.3) is 99.5 Å². The second-order valence-electron chi connectivity index (χ2n) is 37.0. The standard InChI is InChI=1S/C122H95BN4Si2/c1-121(2,3)88-72-68-84(69-73-88)102-58-35-60-106-104-56-27-31-64-112(104)124(119(102)106)90-76-78-114-108(82-90)123-109-83-91(125-113-65-32-28-57-105(113)107-61-36-59-103(120(107)125)85-70-74-89(75-71-85)122(4,5)6)77-79-115(109)127(111-63-30-26-55-101(111)87-39-34-53-99(81-87)129(95-46-19-10-20-47-95,96-48-21-11-22-49-96)97-50-23-12-24-51-97)117-67-37-66-116(118(117)123)126(114)110-62-29-25-54-100(110)86-38-33-52-98(80-86)128(92-40-13-7-14-41-92,93-42-15-8-16-43-93)94-44-17-9-18-45-94/h7-83H,1-6H3. The Labute approximate surface area is 758 Å². The van der Waals surface area contributed by atoms with Gasteiger partial charge in [-0.05, 0) is 175 Å². The normalized spacial score (nSPS) is 12.7. The van der Waals surface area contributed by atoms with Gasteiger partial charge in [-0.1, -0.05) is 436 Å². The highest BCUT2D eigenvalue weighted by atomic mass is 28.3. The van der Waals surface area contributed by atoms with Gasteiger partial charge in [-0.2, -0.15) is 0 Å². The van der Waals surface area contributed by atoms with E-state index in [0.29, 0.717) is 0 Å². The van der Waals surface area contributed by atoms with Crippen LogP contribution in [-0.4, -0.2) is 32.0 Å². The Morgan fingerprint density at radius 3 is 0.853 bits per heavy atom. The molecule has 21 aromatic rings. The van der Waals surface area contributed by atoms with Gasteiger partial charge in [-0.15, -0.1) is 0 Å². The lowest BCUT2D eigenvalue weighted by Crippen LogP contribution is -2.74. The topological polar surface area (TPSA) is 16.3 Å². The van der Waals surface area contributed by atoms with Gasteiger partial charge in [-0.3, -0.25) is 0 Å². The highest BCUT2D eigenvalue weighted by Gasteiger charge is 2.47. The van der Waals surface area contributed by atoms with Crippen LogP contribution in [0.15, 0.2) is 467 Å². The van der Waals surface area contributed by atoms with Crippen LogP contribution >= 0.6 is 0 Å². The number of hydrogen-bond acceptors (Lipinski definition) is 2. The number of nitrogens with zero attached hydrogens (tertiary/aromatic N) is 4. The number of anilines is 6. The van der Waals surface area contributed by atoms with Crippen molar-refractivity contribution in [3.8, 4) is 55.9 Å².